The number of amides is 3. The van der Waals surface area contributed by atoms with Crippen molar-refractivity contribution < 1.29 is 22.8 Å². The maximum atomic E-state index is 13.2. The number of carbonyl (C=O) groups excluding carboxylic acids is 2. The number of benzene rings is 3. The highest BCUT2D eigenvalue weighted by Gasteiger charge is 2.32. The highest BCUT2D eigenvalue weighted by atomic mass is 19.4. The summed E-state index contributed by atoms with van der Waals surface area (Å²) in [5.74, 6) is -0.643. The van der Waals surface area contributed by atoms with Gasteiger partial charge in [0, 0.05) is 30.0 Å². The minimum absolute atomic E-state index is 0.0671. The largest absolute Gasteiger partial charge is 0.416 e. The van der Waals surface area contributed by atoms with Crippen LogP contribution in [-0.2, 0) is 6.18 Å². The van der Waals surface area contributed by atoms with Gasteiger partial charge in [0.2, 0.25) is 0 Å². The van der Waals surface area contributed by atoms with Crippen LogP contribution in [0.1, 0.15) is 40.9 Å². The molecule has 1 heterocycles. The number of nitrogens with zero attached hydrogens (tertiary/aromatic N) is 2. The van der Waals surface area contributed by atoms with Crippen LogP contribution in [0.5, 0.6) is 0 Å². The first-order valence-electron chi connectivity index (χ1n) is 11.0. The molecule has 3 aromatic carbocycles. The number of nitrogens with one attached hydrogen (secondary N) is 1. The fourth-order valence-corrected chi connectivity index (χ4v) is 4.02. The summed E-state index contributed by atoms with van der Waals surface area (Å²) in [6.45, 7) is 3.24. The van der Waals surface area contributed by atoms with E-state index in [4.69, 9.17) is 0 Å². The van der Waals surface area contributed by atoms with Crippen LogP contribution >= 0.6 is 0 Å². The monoisotopic (exact) mass is 467 g/mol. The van der Waals surface area contributed by atoms with E-state index in [1.54, 1.807) is 29.2 Å². The fraction of sp³-hybridized carbons (Fsp3) is 0.231. The lowest BCUT2D eigenvalue weighted by atomic mass is 10.1. The van der Waals surface area contributed by atoms with E-state index in [2.05, 4.69) is 5.32 Å². The highest BCUT2D eigenvalue weighted by molar-refractivity contribution is 6.04. The van der Waals surface area contributed by atoms with Crippen molar-refractivity contribution in [3.8, 4) is 0 Å². The summed E-state index contributed by atoms with van der Waals surface area (Å²) in [5.41, 5.74) is 1.20. The summed E-state index contributed by atoms with van der Waals surface area (Å²) in [6.07, 6.45) is -3.71. The zero-order chi connectivity index (χ0) is 24.3. The number of alkyl halides is 3. The van der Waals surface area contributed by atoms with Crippen molar-refractivity contribution in [2.24, 2.45) is 0 Å². The van der Waals surface area contributed by atoms with Gasteiger partial charge in [-0.15, -0.1) is 0 Å². The van der Waals surface area contributed by atoms with Gasteiger partial charge in [-0.2, -0.15) is 13.2 Å². The third-order valence-corrected chi connectivity index (χ3v) is 5.90. The molecular formula is C26H24F3N3O2. The summed E-state index contributed by atoms with van der Waals surface area (Å²) in [4.78, 5) is 29.2. The molecular weight excluding hydrogens is 443 g/mol. The lowest BCUT2D eigenvalue weighted by Gasteiger charge is -2.39. The van der Waals surface area contributed by atoms with Gasteiger partial charge in [0.05, 0.1) is 11.6 Å². The number of urea groups is 1. The normalized spacial score (nSPS) is 15.2. The third kappa shape index (κ3) is 5.06. The quantitative estimate of drug-likeness (QED) is 0.475. The van der Waals surface area contributed by atoms with E-state index in [1.165, 1.54) is 12.1 Å². The number of anilines is 2. The van der Waals surface area contributed by atoms with Crippen molar-refractivity contribution >= 4 is 23.3 Å². The number of carbonyl (C=O) groups is 2. The summed E-state index contributed by atoms with van der Waals surface area (Å²) < 4.78 is 38.8. The second-order valence-corrected chi connectivity index (χ2v) is 8.15. The topological polar surface area (TPSA) is 52.6 Å². The second kappa shape index (κ2) is 9.59. The number of hydrogen-bond acceptors (Lipinski definition) is 2. The zero-order valence-corrected chi connectivity index (χ0v) is 18.5. The van der Waals surface area contributed by atoms with Crippen LogP contribution in [0, 0.1) is 0 Å². The Balaban J connectivity index is 1.45. The molecule has 1 unspecified atom stereocenters. The highest BCUT2D eigenvalue weighted by Crippen LogP contribution is 2.30. The van der Waals surface area contributed by atoms with Crippen molar-refractivity contribution in [1.82, 2.24) is 4.90 Å². The van der Waals surface area contributed by atoms with Gasteiger partial charge in [-0.3, -0.25) is 9.69 Å². The maximum absolute atomic E-state index is 13.2. The van der Waals surface area contributed by atoms with Crippen molar-refractivity contribution in [2.75, 3.05) is 23.3 Å². The average Bonchev–Trinajstić information content (AvgIpc) is 2.84. The lowest BCUT2D eigenvalue weighted by Crippen LogP contribution is -2.50. The number of rotatable bonds is 5. The zero-order valence-electron chi connectivity index (χ0n) is 18.5. The molecule has 1 aliphatic heterocycles. The van der Waals surface area contributed by atoms with Gasteiger partial charge in [0.15, 0.2) is 0 Å². The Morgan fingerprint density at radius 2 is 1.65 bits per heavy atom. The molecule has 5 nitrogen and oxygen atoms in total. The van der Waals surface area contributed by atoms with Crippen molar-refractivity contribution in [1.29, 1.82) is 0 Å². The molecule has 1 atom stereocenters. The van der Waals surface area contributed by atoms with Crippen LogP contribution < -0.4 is 10.2 Å². The molecule has 3 amide bonds. The van der Waals surface area contributed by atoms with E-state index < -0.39 is 17.6 Å². The van der Waals surface area contributed by atoms with Crippen LogP contribution in [0.4, 0.5) is 29.3 Å². The Labute approximate surface area is 195 Å². The molecule has 0 saturated carbocycles. The first-order chi connectivity index (χ1) is 16.2. The van der Waals surface area contributed by atoms with Crippen molar-refractivity contribution in [3.63, 3.8) is 0 Å². The van der Waals surface area contributed by atoms with E-state index in [9.17, 15) is 22.8 Å². The fourth-order valence-electron chi connectivity index (χ4n) is 4.02. The molecule has 0 radical (unpaired) electrons. The van der Waals surface area contributed by atoms with Gasteiger partial charge < -0.3 is 10.2 Å². The predicted molar refractivity (Wildman–Crippen MR) is 125 cm³/mol. The van der Waals surface area contributed by atoms with Crippen LogP contribution in [0.2, 0.25) is 0 Å². The molecule has 0 bridgehead atoms. The molecule has 1 saturated heterocycles. The lowest BCUT2D eigenvalue weighted by molar-refractivity contribution is -0.137. The van der Waals surface area contributed by atoms with Gasteiger partial charge >= 0.3 is 12.2 Å². The minimum Gasteiger partial charge on any atom is -0.322 e. The van der Waals surface area contributed by atoms with E-state index >= 15 is 0 Å². The molecule has 1 aliphatic rings. The number of hydrogen-bond donors (Lipinski definition) is 1. The van der Waals surface area contributed by atoms with E-state index in [0.717, 1.165) is 24.1 Å². The van der Waals surface area contributed by atoms with Gasteiger partial charge in [-0.1, -0.05) is 36.4 Å². The summed E-state index contributed by atoms with van der Waals surface area (Å²) >= 11 is 0. The van der Waals surface area contributed by atoms with Crippen molar-refractivity contribution in [3.05, 3.63) is 95.6 Å². The first-order valence-corrected chi connectivity index (χ1v) is 11.0. The molecule has 0 aliphatic carbocycles. The number of halogens is 3. The Morgan fingerprint density at radius 1 is 0.941 bits per heavy atom. The van der Waals surface area contributed by atoms with Gasteiger partial charge in [0.1, 0.15) is 0 Å². The van der Waals surface area contributed by atoms with Crippen LogP contribution in [0.15, 0.2) is 78.9 Å². The first kappa shape index (κ1) is 23.4. The minimum atomic E-state index is -4.52. The molecule has 0 spiro atoms. The molecule has 1 fully saturated rings. The Bertz CT molecular complexity index is 1160. The summed E-state index contributed by atoms with van der Waals surface area (Å²) in [6, 6.07) is 20.6. The molecule has 176 valence electrons. The molecule has 0 aromatic heterocycles. The smallest absolute Gasteiger partial charge is 0.322 e. The summed E-state index contributed by atoms with van der Waals surface area (Å²) in [7, 11) is 0. The molecule has 8 heteroatoms. The summed E-state index contributed by atoms with van der Waals surface area (Å²) in [5, 5.41) is 2.61. The molecule has 4 rings (SSSR count). The Kier molecular flexibility index (Phi) is 6.58. The van der Waals surface area contributed by atoms with Gasteiger partial charge in [-0.05, 0) is 61.4 Å². The standard InChI is InChI=1S/C26H24F3N3O2/c1-18(19-7-3-2-4-8-19)31-15-6-16-32(25(31)34)23-13-11-22(12-14-23)30-24(33)20-9-5-10-21(17-20)26(27,28)29/h2-5,7-14,17-18H,6,15-16H2,1H3,(H,30,33). The van der Waals surface area contributed by atoms with Gasteiger partial charge in [0.25, 0.3) is 5.91 Å². The molecule has 3 aromatic rings. The van der Waals surface area contributed by atoms with Crippen LogP contribution in [0.3, 0.4) is 0 Å². The van der Waals surface area contributed by atoms with Gasteiger partial charge in [-0.25, -0.2) is 4.79 Å². The predicted octanol–water partition coefficient (Wildman–Crippen LogP) is 6.35. The van der Waals surface area contributed by atoms with E-state index in [-0.39, 0.29) is 17.6 Å². The molecule has 1 N–H and O–H groups in total. The Morgan fingerprint density at radius 3 is 2.32 bits per heavy atom. The SMILES string of the molecule is CC(c1ccccc1)N1CCCN(c2ccc(NC(=O)c3cccc(C(F)(F)F)c3)cc2)C1=O. The average molecular weight is 467 g/mol. The molecule has 34 heavy (non-hydrogen) atoms. The van der Waals surface area contributed by atoms with Crippen LogP contribution in [-0.4, -0.2) is 29.9 Å². The van der Waals surface area contributed by atoms with Crippen molar-refractivity contribution in [2.45, 2.75) is 25.6 Å². The second-order valence-electron chi connectivity index (χ2n) is 8.15. The van der Waals surface area contributed by atoms with E-state index in [1.807, 2.05) is 42.2 Å². The van der Waals surface area contributed by atoms with Crippen LogP contribution in [0.25, 0.3) is 0 Å². The maximum Gasteiger partial charge on any atom is 0.416 e. The Hall–Kier alpha value is -3.81. The van der Waals surface area contributed by atoms with E-state index in [0.29, 0.717) is 24.5 Å². The third-order valence-electron chi connectivity index (χ3n) is 5.90.